The molecule has 0 bridgehead atoms. The molecule has 0 aliphatic carbocycles. The van der Waals surface area contributed by atoms with Gasteiger partial charge in [0.2, 0.25) is 0 Å². The number of fused-ring (bicyclic) bond motifs is 7. The van der Waals surface area contributed by atoms with Crippen LogP contribution in [0.15, 0.2) is 205 Å². The highest BCUT2D eigenvalue weighted by Gasteiger charge is 2.22. The van der Waals surface area contributed by atoms with Gasteiger partial charge in [-0.1, -0.05) is 146 Å². The highest BCUT2D eigenvalue weighted by atomic mass is 32.1. The molecule has 11 aromatic rings. The van der Waals surface area contributed by atoms with Crippen molar-refractivity contribution in [2.45, 2.75) is 0 Å². The Morgan fingerprint density at radius 3 is 1.96 bits per heavy atom. The first-order valence-electron chi connectivity index (χ1n) is 18.7. The highest BCUT2D eigenvalue weighted by Crippen LogP contribution is 2.48. The maximum Gasteiger partial charge on any atom is 0.137 e. The Balaban J connectivity index is 1.15. The topological polar surface area (TPSA) is 16.4 Å². The van der Waals surface area contributed by atoms with Crippen LogP contribution >= 0.6 is 11.3 Å². The van der Waals surface area contributed by atoms with Crippen molar-refractivity contribution in [1.82, 2.24) is 0 Å². The zero-order chi connectivity index (χ0) is 36.3. The van der Waals surface area contributed by atoms with E-state index in [1.165, 1.54) is 64.3 Å². The quantitative estimate of drug-likeness (QED) is 0.170. The second kappa shape index (κ2) is 12.9. The first-order chi connectivity index (χ1) is 27.3. The number of benzene rings is 9. The molecule has 0 aliphatic heterocycles. The number of hydrogen-bond donors (Lipinski definition) is 0. The molecular formula is C52H33NOS. The van der Waals surface area contributed by atoms with E-state index in [1.807, 2.05) is 17.4 Å². The summed E-state index contributed by atoms with van der Waals surface area (Å²) in [5, 5.41) is 7.27. The van der Waals surface area contributed by atoms with E-state index in [2.05, 4.69) is 199 Å². The molecule has 0 saturated carbocycles. The Bertz CT molecular complexity index is 3210. The van der Waals surface area contributed by atoms with Crippen LogP contribution in [0.4, 0.5) is 17.1 Å². The van der Waals surface area contributed by atoms with Gasteiger partial charge in [0.05, 0.1) is 11.1 Å². The summed E-state index contributed by atoms with van der Waals surface area (Å²) in [7, 11) is 0. The summed E-state index contributed by atoms with van der Waals surface area (Å²) in [6.07, 6.45) is 0. The lowest BCUT2D eigenvalue weighted by molar-refractivity contribution is 0.669. The van der Waals surface area contributed by atoms with Gasteiger partial charge in [-0.25, -0.2) is 0 Å². The first-order valence-corrected chi connectivity index (χ1v) is 19.5. The number of para-hydroxylation sites is 1. The van der Waals surface area contributed by atoms with Crippen LogP contribution in [0.25, 0.3) is 86.3 Å². The predicted molar refractivity (Wildman–Crippen MR) is 235 cm³/mol. The number of rotatable bonds is 6. The van der Waals surface area contributed by atoms with Crippen LogP contribution in [0.5, 0.6) is 0 Å². The molecule has 2 heterocycles. The lowest BCUT2D eigenvalue weighted by Crippen LogP contribution is -2.10. The molecule has 11 rings (SSSR count). The van der Waals surface area contributed by atoms with Crippen molar-refractivity contribution in [3.8, 4) is 33.4 Å². The van der Waals surface area contributed by atoms with E-state index in [0.717, 1.165) is 39.0 Å². The smallest absolute Gasteiger partial charge is 0.137 e. The summed E-state index contributed by atoms with van der Waals surface area (Å²) < 4.78 is 9.05. The summed E-state index contributed by atoms with van der Waals surface area (Å²) in [5.41, 5.74) is 12.2. The van der Waals surface area contributed by atoms with Gasteiger partial charge in [0, 0.05) is 42.5 Å². The molecule has 3 heteroatoms. The van der Waals surface area contributed by atoms with Gasteiger partial charge in [0.25, 0.3) is 0 Å². The minimum Gasteiger partial charge on any atom is -0.456 e. The molecule has 0 amide bonds. The molecule has 0 spiro atoms. The van der Waals surface area contributed by atoms with Crippen molar-refractivity contribution < 1.29 is 4.42 Å². The lowest BCUT2D eigenvalue weighted by Gasteiger charge is -2.28. The fraction of sp³-hybridized carbons (Fsp3) is 0. The van der Waals surface area contributed by atoms with Crippen molar-refractivity contribution in [3.05, 3.63) is 200 Å². The van der Waals surface area contributed by atoms with Crippen molar-refractivity contribution in [2.75, 3.05) is 4.90 Å². The first kappa shape index (κ1) is 31.6. The molecule has 0 aliphatic rings. The van der Waals surface area contributed by atoms with Gasteiger partial charge >= 0.3 is 0 Å². The monoisotopic (exact) mass is 719 g/mol. The van der Waals surface area contributed by atoms with Crippen LogP contribution in [-0.4, -0.2) is 0 Å². The zero-order valence-electron chi connectivity index (χ0n) is 29.8. The minimum absolute atomic E-state index is 0.868. The molecule has 55 heavy (non-hydrogen) atoms. The normalized spacial score (nSPS) is 11.6. The van der Waals surface area contributed by atoms with Crippen molar-refractivity contribution >= 4 is 81.3 Å². The van der Waals surface area contributed by atoms with Crippen LogP contribution in [-0.2, 0) is 0 Å². The molecule has 0 saturated heterocycles. The number of nitrogens with zero attached hydrogens (tertiary/aromatic N) is 1. The van der Waals surface area contributed by atoms with Crippen LogP contribution in [0.2, 0.25) is 0 Å². The Kier molecular flexibility index (Phi) is 7.39. The van der Waals surface area contributed by atoms with Gasteiger partial charge in [-0.2, -0.15) is 0 Å². The lowest BCUT2D eigenvalue weighted by atomic mass is 9.92. The molecular weight excluding hydrogens is 687 g/mol. The van der Waals surface area contributed by atoms with Gasteiger partial charge in [-0.3, -0.25) is 0 Å². The molecule has 0 radical (unpaired) electrons. The van der Waals surface area contributed by atoms with E-state index in [4.69, 9.17) is 4.42 Å². The highest BCUT2D eigenvalue weighted by molar-refractivity contribution is 7.26. The van der Waals surface area contributed by atoms with Gasteiger partial charge in [-0.15, -0.1) is 11.3 Å². The number of hydrogen-bond acceptors (Lipinski definition) is 3. The third-order valence-electron chi connectivity index (χ3n) is 10.9. The van der Waals surface area contributed by atoms with Crippen LogP contribution < -0.4 is 4.90 Å². The van der Waals surface area contributed by atoms with Crippen molar-refractivity contribution in [3.63, 3.8) is 0 Å². The third kappa shape index (κ3) is 5.32. The fourth-order valence-corrected chi connectivity index (χ4v) is 9.49. The predicted octanol–water partition coefficient (Wildman–Crippen LogP) is 15.6. The van der Waals surface area contributed by atoms with E-state index < -0.39 is 0 Å². The standard InChI is InChI=1S/C52H33NOS/c1-2-13-36(14-3-1)41-31-30-40(33-46(41)44-19-10-18-43-42-16-7-9-23-50(42)55-52(43)44)53(47-20-11-22-49-51(47)45-17-6-8-21-48(45)54-49)39-28-26-35(27-29-39)38-25-24-34-12-4-5-15-37(34)32-38/h1-33H. The number of thiophene rings is 1. The van der Waals surface area contributed by atoms with E-state index in [-0.39, 0.29) is 0 Å². The molecule has 0 N–H and O–H groups in total. The average molecular weight is 720 g/mol. The van der Waals surface area contributed by atoms with Crippen molar-refractivity contribution in [2.24, 2.45) is 0 Å². The molecule has 2 aromatic heterocycles. The second-order valence-electron chi connectivity index (χ2n) is 14.1. The average Bonchev–Trinajstić information content (AvgIpc) is 3.83. The molecule has 9 aromatic carbocycles. The summed E-state index contributed by atoms with van der Waals surface area (Å²) in [4.78, 5) is 2.40. The second-order valence-corrected chi connectivity index (χ2v) is 15.1. The van der Waals surface area contributed by atoms with E-state index in [1.54, 1.807) is 0 Å². The summed E-state index contributed by atoms with van der Waals surface area (Å²) >= 11 is 1.87. The largest absolute Gasteiger partial charge is 0.456 e. The van der Waals surface area contributed by atoms with Gasteiger partial charge in [0.15, 0.2) is 0 Å². The maximum absolute atomic E-state index is 6.45. The summed E-state index contributed by atoms with van der Waals surface area (Å²) in [6, 6.07) is 72.2. The minimum atomic E-state index is 0.868. The Morgan fingerprint density at radius 1 is 0.382 bits per heavy atom. The molecule has 0 atom stereocenters. The van der Waals surface area contributed by atoms with E-state index >= 15 is 0 Å². The van der Waals surface area contributed by atoms with Crippen LogP contribution in [0, 0.1) is 0 Å². The number of furan rings is 1. The summed E-state index contributed by atoms with van der Waals surface area (Å²) in [6.45, 7) is 0. The Labute approximate surface area is 322 Å². The van der Waals surface area contributed by atoms with E-state index in [9.17, 15) is 0 Å². The van der Waals surface area contributed by atoms with Crippen LogP contribution in [0.3, 0.4) is 0 Å². The van der Waals surface area contributed by atoms with E-state index in [0.29, 0.717) is 0 Å². The molecule has 0 fully saturated rings. The van der Waals surface area contributed by atoms with Gasteiger partial charge in [0.1, 0.15) is 11.2 Å². The summed E-state index contributed by atoms with van der Waals surface area (Å²) in [5.74, 6) is 0. The third-order valence-corrected chi connectivity index (χ3v) is 12.1. The Hall–Kier alpha value is -6.94. The van der Waals surface area contributed by atoms with Gasteiger partial charge < -0.3 is 9.32 Å². The Morgan fingerprint density at radius 2 is 1.07 bits per heavy atom. The molecule has 258 valence electrons. The van der Waals surface area contributed by atoms with Crippen LogP contribution in [0.1, 0.15) is 0 Å². The molecule has 0 unspecified atom stereocenters. The number of anilines is 3. The van der Waals surface area contributed by atoms with Gasteiger partial charge in [-0.05, 0) is 93.2 Å². The maximum atomic E-state index is 6.45. The molecule has 2 nitrogen and oxygen atoms in total. The van der Waals surface area contributed by atoms with Crippen molar-refractivity contribution in [1.29, 1.82) is 0 Å². The fourth-order valence-electron chi connectivity index (χ4n) is 8.26. The SMILES string of the molecule is c1ccc(-c2ccc(N(c3ccc(-c4ccc5ccccc5c4)cc3)c3cccc4oc5ccccc5c34)cc2-c2cccc3c2sc2ccccc23)cc1. The zero-order valence-corrected chi connectivity index (χ0v) is 30.6.